The van der Waals surface area contributed by atoms with E-state index in [0.29, 0.717) is 30.9 Å². The van der Waals surface area contributed by atoms with Gasteiger partial charge in [-0.25, -0.2) is 14.8 Å². The molecule has 4 rings (SSSR count). The number of ether oxygens (including phenoxy) is 1. The first-order valence-electron chi connectivity index (χ1n) is 10.4. The van der Waals surface area contributed by atoms with E-state index in [9.17, 15) is 14.0 Å². The highest BCUT2D eigenvalue weighted by Gasteiger charge is 2.24. The summed E-state index contributed by atoms with van der Waals surface area (Å²) in [5, 5.41) is 2.52. The lowest BCUT2D eigenvalue weighted by Crippen LogP contribution is -2.39. The van der Waals surface area contributed by atoms with E-state index in [2.05, 4.69) is 25.3 Å². The maximum Gasteiger partial charge on any atom is 0.410 e. The number of amides is 2. The molecule has 2 amide bonds. The molecule has 33 heavy (non-hydrogen) atoms. The Kier molecular flexibility index (Phi) is 5.79. The number of aromatic nitrogens is 5. The van der Waals surface area contributed by atoms with Crippen LogP contribution in [-0.2, 0) is 4.74 Å². The molecule has 0 spiro atoms. The molecule has 0 unspecified atom stereocenters. The average molecular weight is 453 g/mol. The maximum absolute atomic E-state index is 14.1. The van der Waals surface area contributed by atoms with Crippen LogP contribution in [0, 0.1) is 12.9 Å². The number of aryl methyl sites for hydroxylation is 1. The Balaban J connectivity index is 1.41. The molecule has 0 atom stereocenters. The second-order valence-electron chi connectivity index (χ2n) is 8.68. The van der Waals surface area contributed by atoms with Gasteiger partial charge in [-0.15, -0.1) is 0 Å². The van der Waals surface area contributed by atoms with E-state index in [1.165, 1.54) is 23.0 Å². The van der Waals surface area contributed by atoms with Gasteiger partial charge in [0, 0.05) is 19.3 Å². The molecule has 1 aliphatic rings. The van der Waals surface area contributed by atoms with Crippen LogP contribution in [-0.4, -0.2) is 59.9 Å². The Hall–Kier alpha value is -3.89. The molecule has 3 aromatic rings. The van der Waals surface area contributed by atoms with Crippen LogP contribution < -0.4 is 5.32 Å². The van der Waals surface area contributed by atoms with Crippen molar-refractivity contribution >= 4 is 29.0 Å². The molecule has 0 saturated heterocycles. The fourth-order valence-corrected chi connectivity index (χ4v) is 3.33. The van der Waals surface area contributed by atoms with Crippen molar-refractivity contribution in [1.82, 2.24) is 29.2 Å². The van der Waals surface area contributed by atoms with Crippen molar-refractivity contribution in [2.75, 3.05) is 18.4 Å². The van der Waals surface area contributed by atoms with E-state index in [4.69, 9.17) is 4.74 Å². The van der Waals surface area contributed by atoms with Crippen LogP contribution in [0.1, 0.15) is 49.1 Å². The second kappa shape index (κ2) is 8.57. The van der Waals surface area contributed by atoms with Gasteiger partial charge in [-0.2, -0.15) is 9.37 Å². The third kappa shape index (κ3) is 5.13. The molecule has 0 saturated carbocycles. The first kappa shape index (κ1) is 22.3. The number of carbonyl (C=O) groups is 2. The SMILES string of the molecule is Cc1cn2cc(NC(=O)c3cnc(C4=CCN(C(=O)OC(C)(C)C)CC4)cn3)nc(F)c2n1. The van der Waals surface area contributed by atoms with Crippen molar-refractivity contribution < 1.29 is 18.7 Å². The molecule has 0 radical (unpaired) electrons. The molecular formula is C22H24FN7O3. The van der Waals surface area contributed by atoms with E-state index in [-0.39, 0.29) is 23.3 Å². The predicted octanol–water partition coefficient (Wildman–Crippen LogP) is 3.24. The van der Waals surface area contributed by atoms with E-state index in [1.54, 1.807) is 18.0 Å². The van der Waals surface area contributed by atoms with Gasteiger partial charge in [-0.05, 0) is 39.7 Å². The molecule has 0 bridgehead atoms. The second-order valence-corrected chi connectivity index (χ2v) is 8.68. The van der Waals surface area contributed by atoms with E-state index < -0.39 is 17.5 Å². The van der Waals surface area contributed by atoms with Gasteiger partial charge >= 0.3 is 6.09 Å². The topological polar surface area (TPSA) is 115 Å². The third-order valence-electron chi connectivity index (χ3n) is 4.83. The number of hydrogen-bond acceptors (Lipinski definition) is 7. The molecule has 172 valence electrons. The molecule has 1 N–H and O–H groups in total. The first-order chi connectivity index (χ1) is 15.6. The summed E-state index contributed by atoms with van der Waals surface area (Å²) >= 11 is 0. The van der Waals surface area contributed by atoms with Gasteiger partial charge in [0.1, 0.15) is 11.3 Å². The standard InChI is InChI=1S/C22H24FN7O3/c1-13-11-30-12-17(27-18(23)19(30)26-13)28-20(31)16-10-24-15(9-25-16)14-5-7-29(8-6-14)21(32)33-22(2,3)4/h5,9-12H,6-8H2,1-4H3,(H,28,31). The highest BCUT2D eigenvalue weighted by atomic mass is 19.1. The third-order valence-corrected chi connectivity index (χ3v) is 4.83. The Labute approximate surface area is 189 Å². The quantitative estimate of drug-likeness (QED) is 0.647. The maximum atomic E-state index is 14.1. The van der Waals surface area contributed by atoms with Gasteiger partial charge in [0.2, 0.25) is 0 Å². The summed E-state index contributed by atoms with van der Waals surface area (Å²) in [6.07, 6.45) is 8.08. The average Bonchev–Trinajstić information content (AvgIpc) is 3.13. The van der Waals surface area contributed by atoms with Crippen LogP contribution in [0.3, 0.4) is 0 Å². The van der Waals surface area contributed by atoms with Gasteiger partial charge in [-0.3, -0.25) is 14.2 Å². The monoisotopic (exact) mass is 453 g/mol. The van der Waals surface area contributed by atoms with Crippen molar-refractivity contribution in [2.45, 2.75) is 39.7 Å². The summed E-state index contributed by atoms with van der Waals surface area (Å²) in [5.41, 5.74) is 1.78. The molecule has 0 aliphatic carbocycles. The number of anilines is 1. The molecule has 3 aromatic heterocycles. The molecule has 0 fully saturated rings. The van der Waals surface area contributed by atoms with Crippen LogP contribution in [0.15, 0.2) is 30.9 Å². The van der Waals surface area contributed by atoms with Gasteiger partial charge in [-0.1, -0.05) is 6.08 Å². The van der Waals surface area contributed by atoms with E-state index >= 15 is 0 Å². The lowest BCUT2D eigenvalue weighted by Gasteiger charge is -2.29. The molecule has 10 nitrogen and oxygen atoms in total. The summed E-state index contributed by atoms with van der Waals surface area (Å²) in [6.45, 7) is 8.12. The Morgan fingerprint density at radius 2 is 1.94 bits per heavy atom. The Bertz CT molecular complexity index is 1250. The summed E-state index contributed by atoms with van der Waals surface area (Å²) in [6, 6.07) is 0. The fourth-order valence-electron chi connectivity index (χ4n) is 3.33. The Morgan fingerprint density at radius 3 is 2.58 bits per heavy atom. The number of imidazole rings is 1. The van der Waals surface area contributed by atoms with Gasteiger partial charge in [0.15, 0.2) is 11.5 Å². The molecule has 0 aromatic carbocycles. The van der Waals surface area contributed by atoms with Gasteiger partial charge in [0.25, 0.3) is 11.9 Å². The number of nitrogens with one attached hydrogen (secondary N) is 1. The number of halogens is 1. The molecule has 11 heteroatoms. The number of fused-ring (bicyclic) bond motifs is 1. The highest BCUT2D eigenvalue weighted by Crippen LogP contribution is 2.22. The van der Waals surface area contributed by atoms with Crippen molar-refractivity contribution in [3.63, 3.8) is 0 Å². The number of hydrogen-bond donors (Lipinski definition) is 1. The summed E-state index contributed by atoms with van der Waals surface area (Å²) in [7, 11) is 0. The van der Waals surface area contributed by atoms with Crippen LogP contribution >= 0.6 is 0 Å². The van der Waals surface area contributed by atoms with Gasteiger partial charge in [0.05, 0.1) is 30.0 Å². The van der Waals surface area contributed by atoms with Crippen molar-refractivity contribution in [3.8, 4) is 0 Å². The lowest BCUT2D eigenvalue weighted by molar-refractivity contribution is 0.0270. The predicted molar refractivity (Wildman–Crippen MR) is 118 cm³/mol. The van der Waals surface area contributed by atoms with Crippen molar-refractivity contribution in [2.24, 2.45) is 0 Å². The number of carbonyl (C=O) groups excluding carboxylic acids is 2. The Morgan fingerprint density at radius 1 is 1.15 bits per heavy atom. The zero-order valence-electron chi connectivity index (χ0n) is 18.8. The summed E-state index contributed by atoms with van der Waals surface area (Å²) in [5.74, 6) is -1.32. The minimum atomic E-state index is -0.785. The van der Waals surface area contributed by atoms with Crippen molar-refractivity contribution in [3.05, 3.63) is 53.9 Å². The zero-order chi connectivity index (χ0) is 23.8. The smallest absolute Gasteiger partial charge is 0.410 e. The first-order valence-corrected chi connectivity index (χ1v) is 10.4. The van der Waals surface area contributed by atoms with Crippen molar-refractivity contribution in [1.29, 1.82) is 0 Å². The molecule has 4 heterocycles. The summed E-state index contributed by atoms with van der Waals surface area (Å²) < 4.78 is 21.0. The van der Waals surface area contributed by atoms with Crippen LogP contribution in [0.2, 0.25) is 0 Å². The highest BCUT2D eigenvalue weighted by molar-refractivity contribution is 6.02. The van der Waals surface area contributed by atoms with E-state index in [0.717, 1.165) is 5.57 Å². The number of rotatable bonds is 3. The minimum Gasteiger partial charge on any atom is -0.444 e. The van der Waals surface area contributed by atoms with Gasteiger partial charge < -0.3 is 15.0 Å². The fraction of sp³-hybridized carbons (Fsp3) is 0.364. The number of nitrogens with zero attached hydrogens (tertiary/aromatic N) is 6. The minimum absolute atomic E-state index is 0.0329. The van der Waals surface area contributed by atoms with Crippen LogP contribution in [0.5, 0.6) is 0 Å². The van der Waals surface area contributed by atoms with E-state index in [1.807, 2.05) is 26.8 Å². The molecule has 1 aliphatic heterocycles. The summed E-state index contributed by atoms with van der Waals surface area (Å²) in [4.78, 5) is 42.6. The zero-order valence-corrected chi connectivity index (χ0v) is 18.8. The van der Waals surface area contributed by atoms with Crippen LogP contribution in [0.4, 0.5) is 15.0 Å². The largest absolute Gasteiger partial charge is 0.444 e. The van der Waals surface area contributed by atoms with Crippen LogP contribution in [0.25, 0.3) is 11.2 Å². The normalized spacial score (nSPS) is 14.2. The molecular weight excluding hydrogens is 429 g/mol. The lowest BCUT2D eigenvalue weighted by atomic mass is 10.1.